The molecule has 1 unspecified atom stereocenters. The van der Waals surface area contributed by atoms with Gasteiger partial charge < -0.3 is 10.8 Å². The number of sulfonamides is 1. The minimum Gasteiger partial charge on any atom is -0.477 e. The number of hydrogen-bond donors (Lipinski definition) is 2. The van der Waals surface area contributed by atoms with Gasteiger partial charge in [-0.3, -0.25) is 4.79 Å². The molecular weight excluding hydrogens is 304 g/mol. The van der Waals surface area contributed by atoms with Crippen molar-refractivity contribution in [1.82, 2.24) is 4.31 Å². The molecule has 1 atom stereocenters. The van der Waals surface area contributed by atoms with Crippen molar-refractivity contribution in [3.63, 3.8) is 0 Å². The summed E-state index contributed by atoms with van der Waals surface area (Å²) < 4.78 is 25.9. The van der Waals surface area contributed by atoms with Crippen molar-refractivity contribution in [2.75, 3.05) is 6.54 Å². The van der Waals surface area contributed by atoms with Gasteiger partial charge in [-0.15, -0.1) is 11.3 Å². The maximum atomic E-state index is 12.5. The number of thiophene rings is 1. The van der Waals surface area contributed by atoms with Crippen LogP contribution in [0.1, 0.15) is 28.9 Å². The summed E-state index contributed by atoms with van der Waals surface area (Å²) in [6, 6.07) is 1.63. The molecule has 110 valence electrons. The number of carbonyl (C=O) groups excluding carboxylic acids is 1. The van der Waals surface area contributed by atoms with E-state index < -0.39 is 27.9 Å². The number of rotatable bonds is 4. The van der Waals surface area contributed by atoms with Crippen LogP contribution >= 0.6 is 11.3 Å². The van der Waals surface area contributed by atoms with E-state index in [1.54, 1.807) is 0 Å². The molecule has 9 heteroatoms. The van der Waals surface area contributed by atoms with Crippen LogP contribution in [0.2, 0.25) is 0 Å². The standard InChI is InChI=1S/C11H14N2O5S2/c12-10(14)7-3-1-2-6-13(7)20(17,18)9-5-4-8(19-9)11(15)16/h4-5,7H,1-3,6H2,(H2,12,14)(H,15,16). The molecule has 0 aromatic carbocycles. The molecule has 2 rings (SSSR count). The van der Waals surface area contributed by atoms with Gasteiger partial charge in [0.05, 0.1) is 0 Å². The van der Waals surface area contributed by atoms with Crippen molar-refractivity contribution in [3.05, 3.63) is 17.0 Å². The van der Waals surface area contributed by atoms with Gasteiger partial charge >= 0.3 is 5.97 Å². The number of hydrogen-bond acceptors (Lipinski definition) is 5. The number of piperidine rings is 1. The number of amides is 1. The second-order valence-corrected chi connectivity index (χ2v) is 7.65. The number of carbonyl (C=O) groups is 2. The zero-order valence-electron chi connectivity index (χ0n) is 10.5. The molecule has 1 fully saturated rings. The molecule has 7 nitrogen and oxygen atoms in total. The third-order valence-corrected chi connectivity index (χ3v) is 6.59. The van der Waals surface area contributed by atoms with Gasteiger partial charge in [0.1, 0.15) is 15.1 Å². The Morgan fingerprint density at radius 3 is 2.60 bits per heavy atom. The Morgan fingerprint density at radius 2 is 2.05 bits per heavy atom. The Kier molecular flexibility index (Phi) is 4.11. The summed E-state index contributed by atoms with van der Waals surface area (Å²) in [7, 11) is -3.88. The molecule has 1 aliphatic heterocycles. The molecule has 3 N–H and O–H groups in total. The van der Waals surface area contributed by atoms with E-state index in [1.165, 1.54) is 12.1 Å². The Hall–Kier alpha value is -1.45. The van der Waals surface area contributed by atoms with Crippen molar-refractivity contribution in [2.24, 2.45) is 5.73 Å². The van der Waals surface area contributed by atoms with E-state index in [1.807, 2.05) is 0 Å². The lowest BCUT2D eigenvalue weighted by atomic mass is 10.0. The molecule has 0 radical (unpaired) electrons. The van der Waals surface area contributed by atoms with E-state index >= 15 is 0 Å². The largest absolute Gasteiger partial charge is 0.477 e. The number of nitrogens with two attached hydrogens (primary N) is 1. The van der Waals surface area contributed by atoms with Crippen molar-refractivity contribution in [1.29, 1.82) is 0 Å². The predicted octanol–water partition coefficient (Wildman–Crippen LogP) is 0.475. The normalized spacial score (nSPS) is 20.7. The van der Waals surface area contributed by atoms with Crippen LogP contribution < -0.4 is 5.73 Å². The maximum absolute atomic E-state index is 12.5. The summed E-state index contributed by atoms with van der Waals surface area (Å²) >= 11 is 0.674. The van der Waals surface area contributed by atoms with Crippen LogP contribution in [0.4, 0.5) is 0 Å². The topological polar surface area (TPSA) is 118 Å². The SMILES string of the molecule is NC(=O)C1CCCCN1S(=O)(=O)c1ccc(C(=O)O)s1. The first-order valence-electron chi connectivity index (χ1n) is 5.98. The van der Waals surface area contributed by atoms with Crippen LogP contribution in [0.25, 0.3) is 0 Å². The van der Waals surface area contributed by atoms with Gasteiger partial charge in [0.2, 0.25) is 5.91 Å². The number of aromatic carboxylic acids is 1. The van der Waals surface area contributed by atoms with Crippen molar-refractivity contribution < 1.29 is 23.1 Å². The van der Waals surface area contributed by atoms with Crippen LogP contribution in [-0.4, -0.2) is 42.3 Å². The van der Waals surface area contributed by atoms with Gasteiger partial charge in [0, 0.05) is 6.54 Å². The van der Waals surface area contributed by atoms with E-state index in [9.17, 15) is 18.0 Å². The van der Waals surface area contributed by atoms with Crippen LogP contribution in [-0.2, 0) is 14.8 Å². The fourth-order valence-corrected chi connectivity index (χ4v) is 5.11. The summed E-state index contributed by atoms with van der Waals surface area (Å²) in [5.74, 6) is -1.86. The second-order valence-electron chi connectivity index (χ2n) is 4.45. The molecule has 2 heterocycles. The lowest BCUT2D eigenvalue weighted by molar-refractivity contribution is -0.122. The highest BCUT2D eigenvalue weighted by Gasteiger charge is 2.37. The average Bonchev–Trinajstić information content (AvgIpc) is 2.89. The van der Waals surface area contributed by atoms with Crippen LogP contribution in [0.15, 0.2) is 16.3 Å². The first kappa shape index (κ1) is 14.9. The van der Waals surface area contributed by atoms with E-state index in [0.717, 1.165) is 10.7 Å². The van der Waals surface area contributed by atoms with Gasteiger partial charge in [-0.25, -0.2) is 13.2 Å². The van der Waals surface area contributed by atoms with Crippen molar-refractivity contribution >= 4 is 33.2 Å². The number of carboxylic acids is 1. The molecule has 0 bridgehead atoms. The van der Waals surface area contributed by atoms with Gasteiger partial charge in [-0.1, -0.05) is 6.42 Å². The lowest BCUT2D eigenvalue weighted by Crippen LogP contribution is -2.50. The number of carboxylic acid groups (broad SMARTS) is 1. The molecule has 0 spiro atoms. The summed E-state index contributed by atoms with van der Waals surface area (Å²) in [5, 5.41) is 8.84. The lowest BCUT2D eigenvalue weighted by Gasteiger charge is -2.32. The van der Waals surface area contributed by atoms with E-state index in [0.29, 0.717) is 24.2 Å². The Morgan fingerprint density at radius 1 is 1.35 bits per heavy atom. The number of nitrogens with zero attached hydrogens (tertiary/aromatic N) is 1. The van der Waals surface area contributed by atoms with Crippen LogP contribution in [0.5, 0.6) is 0 Å². The van der Waals surface area contributed by atoms with Crippen molar-refractivity contribution in [3.8, 4) is 0 Å². The smallest absolute Gasteiger partial charge is 0.345 e. The first-order chi connectivity index (χ1) is 9.34. The molecule has 1 aromatic rings. The molecule has 20 heavy (non-hydrogen) atoms. The van der Waals surface area contributed by atoms with E-state index in [4.69, 9.17) is 10.8 Å². The monoisotopic (exact) mass is 318 g/mol. The first-order valence-corrected chi connectivity index (χ1v) is 8.24. The molecule has 0 aliphatic carbocycles. The zero-order chi connectivity index (χ0) is 14.9. The van der Waals surface area contributed by atoms with Gasteiger partial charge in [-0.2, -0.15) is 4.31 Å². The summed E-state index contributed by atoms with van der Waals surface area (Å²) in [6.07, 6.45) is 1.79. The Labute approximate surface area is 120 Å². The Bertz CT molecular complexity index is 637. The number of primary amides is 1. The Balaban J connectivity index is 2.36. The van der Waals surface area contributed by atoms with Crippen LogP contribution in [0, 0.1) is 0 Å². The highest BCUT2D eigenvalue weighted by molar-refractivity contribution is 7.91. The molecule has 0 saturated carbocycles. The minimum atomic E-state index is -3.88. The third kappa shape index (κ3) is 2.69. The van der Waals surface area contributed by atoms with Gasteiger partial charge in [0.25, 0.3) is 10.0 Å². The fourth-order valence-electron chi connectivity index (χ4n) is 2.17. The van der Waals surface area contributed by atoms with E-state index in [2.05, 4.69) is 0 Å². The second kappa shape index (κ2) is 5.51. The molecule has 1 saturated heterocycles. The minimum absolute atomic E-state index is 0.0591. The fraction of sp³-hybridized carbons (Fsp3) is 0.455. The third-order valence-electron chi connectivity index (χ3n) is 3.14. The maximum Gasteiger partial charge on any atom is 0.345 e. The van der Waals surface area contributed by atoms with E-state index in [-0.39, 0.29) is 15.6 Å². The summed E-state index contributed by atoms with van der Waals surface area (Å²) in [4.78, 5) is 22.1. The van der Waals surface area contributed by atoms with Crippen molar-refractivity contribution in [2.45, 2.75) is 29.5 Å². The highest BCUT2D eigenvalue weighted by Crippen LogP contribution is 2.29. The molecule has 1 amide bonds. The predicted molar refractivity (Wildman–Crippen MR) is 72.0 cm³/mol. The quantitative estimate of drug-likeness (QED) is 0.837. The van der Waals surface area contributed by atoms with Gasteiger partial charge in [-0.05, 0) is 25.0 Å². The summed E-state index contributed by atoms with van der Waals surface area (Å²) in [5.41, 5.74) is 5.25. The van der Waals surface area contributed by atoms with Gasteiger partial charge in [0.15, 0.2) is 0 Å². The summed E-state index contributed by atoms with van der Waals surface area (Å²) in [6.45, 7) is 0.218. The average molecular weight is 318 g/mol. The molecule has 1 aliphatic rings. The molecular formula is C11H14N2O5S2. The molecule has 1 aromatic heterocycles. The zero-order valence-corrected chi connectivity index (χ0v) is 12.1. The highest BCUT2D eigenvalue weighted by atomic mass is 32.2. The van der Waals surface area contributed by atoms with Crippen LogP contribution in [0.3, 0.4) is 0 Å².